The Labute approximate surface area is 177 Å². The summed E-state index contributed by atoms with van der Waals surface area (Å²) >= 11 is 0. The van der Waals surface area contributed by atoms with E-state index in [1.165, 1.54) is 27.9 Å². The lowest BCUT2D eigenvalue weighted by Gasteiger charge is -2.23. The molecule has 6 heteroatoms. The Balaban J connectivity index is 1.41. The van der Waals surface area contributed by atoms with Crippen molar-refractivity contribution in [3.63, 3.8) is 0 Å². The average molecular weight is 401 g/mol. The Kier molecular flexibility index (Phi) is 4.77. The second kappa shape index (κ2) is 7.59. The predicted molar refractivity (Wildman–Crippen MR) is 120 cm³/mol. The van der Waals surface area contributed by atoms with Crippen LogP contribution < -0.4 is 5.32 Å². The van der Waals surface area contributed by atoms with Gasteiger partial charge in [-0.15, -0.1) is 5.10 Å². The second-order valence-corrected chi connectivity index (χ2v) is 8.37. The van der Waals surface area contributed by atoms with Gasteiger partial charge in [-0.1, -0.05) is 30.7 Å². The van der Waals surface area contributed by atoms with Crippen molar-refractivity contribution in [2.24, 2.45) is 0 Å². The highest BCUT2D eigenvalue weighted by molar-refractivity contribution is 5.80. The molecule has 154 valence electrons. The van der Waals surface area contributed by atoms with E-state index in [-0.39, 0.29) is 0 Å². The van der Waals surface area contributed by atoms with Gasteiger partial charge in [-0.05, 0) is 68.4 Å². The quantitative estimate of drug-likeness (QED) is 0.532. The Morgan fingerprint density at radius 2 is 2.07 bits per heavy atom. The first-order chi connectivity index (χ1) is 14.6. The van der Waals surface area contributed by atoms with Crippen LogP contribution in [0.1, 0.15) is 42.1 Å². The third-order valence-electron chi connectivity index (χ3n) is 6.03. The molecule has 0 spiro atoms. The van der Waals surface area contributed by atoms with E-state index in [4.69, 9.17) is 10.1 Å². The molecule has 1 atom stereocenters. The van der Waals surface area contributed by atoms with Crippen molar-refractivity contribution in [2.75, 3.05) is 5.32 Å². The Hall–Kier alpha value is -3.15. The third kappa shape index (κ3) is 3.36. The monoisotopic (exact) mass is 400 g/mol. The van der Waals surface area contributed by atoms with Gasteiger partial charge < -0.3 is 5.32 Å². The molecule has 0 saturated heterocycles. The maximum atomic E-state index is 4.86. The zero-order valence-corrected chi connectivity index (χ0v) is 17.9. The van der Waals surface area contributed by atoms with Gasteiger partial charge in [0, 0.05) is 30.0 Å². The molecular weight excluding hydrogens is 372 g/mol. The van der Waals surface area contributed by atoms with Crippen LogP contribution in [0.5, 0.6) is 0 Å². The highest BCUT2D eigenvalue weighted by Crippen LogP contribution is 2.29. The Morgan fingerprint density at radius 1 is 1.17 bits per heavy atom. The second-order valence-electron chi connectivity index (χ2n) is 8.37. The number of hydrogen-bond acceptors (Lipinski definition) is 4. The van der Waals surface area contributed by atoms with Crippen molar-refractivity contribution in [1.29, 1.82) is 0 Å². The molecule has 1 unspecified atom stereocenters. The molecule has 0 aliphatic heterocycles. The maximum absolute atomic E-state index is 4.86. The minimum absolute atomic E-state index is 0.332. The van der Waals surface area contributed by atoms with Crippen molar-refractivity contribution >= 4 is 11.6 Å². The summed E-state index contributed by atoms with van der Waals surface area (Å²) in [7, 11) is 0. The van der Waals surface area contributed by atoms with Crippen LogP contribution in [0, 0.1) is 13.8 Å². The van der Waals surface area contributed by atoms with Gasteiger partial charge in [-0.3, -0.25) is 4.68 Å². The van der Waals surface area contributed by atoms with Crippen molar-refractivity contribution in [3.05, 3.63) is 65.1 Å². The Morgan fingerprint density at radius 3 is 2.90 bits per heavy atom. The van der Waals surface area contributed by atoms with E-state index in [1.807, 2.05) is 23.0 Å². The fourth-order valence-corrected chi connectivity index (χ4v) is 4.59. The minimum Gasteiger partial charge on any atom is -0.350 e. The first-order valence-corrected chi connectivity index (χ1v) is 10.9. The van der Waals surface area contributed by atoms with Gasteiger partial charge >= 0.3 is 0 Å². The van der Waals surface area contributed by atoms with Crippen LogP contribution in [-0.2, 0) is 19.4 Å². The standard InChI is InChI=1S/C24H28N6/c1-4-11-29-22-10-8-19(14-18(22)15-25-29)26-24-27-23-21(6-5-12-30(23)28-24)20-9-7-16(2)13-17(20)3/h5-7,9,12-13,15,19H,4,8,10-11,14H2,1-3H3,(H,26,28). The molecule has 1 aliphatic carbocycles. The van der Waals surface area contributed by atoms with E-state index in [2.05, 4.69) is 60.1 Å². The van der Waals surface area contributed by atoms with E-state index in [1.54, 1.807) is 0 Å². The molecular formula is C24H28N6. The molecule has 1 N–H and O–H groups in total. The number of hydrogen-bond donors (Lipinski definition) is 1. The van der Waals surface area contributed by atoms with Crippen LogP contribution in [0.3, 0.4) is 0 Å². The Bertz CT molecular complexity index is 1200. The molecule has 6 nitrogen and oxygen atoms in total. The van der Waals surface area contributed by atoms with Crippen LogP contribution in [0.15, 0.2) is 42.7 Å². The predicted octanol–water partition coefficient (Wildman–Crippen LogP) is 4.59. The number of pyridine rings is 1. The number of anilines is 1. The van der Waals surface area contributed by atoms with Crippen molar-refractivity contribution in [3.8, 4) is 11.1 Å². The summed E-state index contributed by atoms with van der Waals surface area (Å²) in [6.45, 7) is 7.48. The molecule has 1 aliphatic rings. The number of nitrogens with one attached hydrogen (secondary N) is 1. The molecule has 4 aromatic rings. The molecule has 0 bridgehead atoms. The molecule has 0 fully saturated rings. The molecule has 0 radical (unpaired) electrons. The third-order valence-corrected chi connectivity index (χ3v) is 6.03. The lowest BCUT2D eigenvalue weighted by molar-refractivity contribution is 0.531. The van der Waals surface area contributed by atoms with Gasteiger partial charge in [0.2, 0.25) is 5.95 Å². The molecule has 1 aromatic carbocycles. The smallest absolute Gasteiger partial charge is 0.243 e. The van der Waals surface area contributed by atoms with Gasteiger partial charge in [0.15, 0.2) is 5.65 Å². The van der Waals surface area contributed by atoms with Crippen LogP contribution in [0.2, 0.25) is 0 Å². The van der Waals surface area contributed by atoms with Gasteiger partial charge in [0.1, 0.15) is 0 Å². The lowest BCUT2D eigenvalue weighted by atomic mass is 9.93. The van der Waals surface area contributed by atoms with E-state index in [0.29, 0.717) is 12.0 Å². The van der Waals surface area contributed by atoms with E-state index in [9.17, 15) is 0 Å². The largest absolute Gasteiger partial charge is 0.350 e. The summed E-state index contributed by atoms with van der Waals surface area (Å²) in [5.41, 5.74) is 8.48. The molecule has 5 rings (SSSR count). The van der Waals surface area contributed by atoms with E-state index >= 15 is 0 Å². The van der Waals surface area contributed by atoms with Gasteiger partial charge in [0.25, 0.3) is 0 Å². The first-order valence-electron chi connectivity index (χ1n) is 10.9. The fraction of sp³-hybridized carbons (Fsp3) is 0.375. The molecule has 0 amide bonds. The zero-order chi connectivity index (χ0) is 20.7. The minimum atomic E-state index is 0.332. The highest BCUT2D eigenvalue weighted by Gasteiger charge is 2.23. The summed E-state index contributed by atoms with van der Waals surface area (Å²) in [6.07, 6.45) is 8.21. The van der Waals surface area contributed by atoms with E-state index in [0.717, 1.165) is 43.4 Å². The average Bonchev–Trinajstić information content (AvgIpc) is 3.32. The maximum Gasteiger partial charge on any atom is 0.243 e. The summed E-state index contributed by atoms with van der Waals surface area (Å²) in [5, 5.41) is 12.9. The summed E-state index contributed by atoms with van der Waals surface area (Å²) in [4.78, 5) is 4.86. The van der Waals surface area contributed by atoms with Crippen molar-refractivity contribution in [2.45, 2.75) is 59.0 Å². The number of aryl methyl sites for hydroxylation is 3. The van der Waals surface area contributed by atoms with Crippen LogP contribution in [-0.4, -0.2) is 30.4 Å². The number of fused-ring (bicyclic) bond motifs is 2. The van der Waals surface area contributed by atoms with Crippen LogP contribution >= 0.6 is 0 Å². The normalized spacial score (nSPS) is 16.0. The lowest BCUT2D eigenvalue weighted by Crippen LogP contribution is -2.28. The van der Waals surface area contributed by atoms with Gasteiger partial charge in [-0.25, -0.2) is 4.52 Å². The summed E-state index contributed by atoms with van der Waals surface area (Å²) < 4.78 is 4.05. The number of aromatic nitrogens is 5. The van der Waals surface area contributed by atoms with Gasteiger partial charge in [-0.2, -0.15) is 10.1 Å². The molecule has 30 heavy (non-hydrogen) atoms. The SMILES string of the molecule is CCCn1ncc2c1CCC(Nc1nc3c(-c4ccc(C)cc4C)cccn3n1)C2. The molecule has 0 saturated carbocycles. The summed E-state index contributed by atoms with van der Waals surface area (Å²) in [6, 6.07) is 11.0. The fourth-order valence-electron chi connectivity index (χ4n) is 4.59. The molecule has 3 heterocycles. The van der Waals surface area contributed by atoms with Gasteiger partial charge in [0.05, 0.1) is 6.20 Å². The first kappa shape index (κ1) is 18.9. The van der Waals surface area contributed by atoms with Crippen molar-refractivity contribution < 1.29 is 0 Å². The number of rotatable bonds is 5. The van der Waals surface area contributed by atoms with E-state index < -0.39 is 0 Å². The highest BCUT2D eigenvalue weighted by atomic mass is 15.3. The summed E-state index contributed by atoms with van der Waals surface area (Å²) in [5.74, 6) is 0.696. The van der Waals surface area contributed by atoms with Crippen LogP contribution in [0.25, 0.3) is 16.8 Å². The van der Waals surface area contributed by atoms with Crippen molar-refractivity contribution in [1.82, 2.24) is 24.4 Å². The number of nitrogens with zero attached hydrogens (tertiary/aromatic N) is 5. The number of benzene rings is 1. The topological polar surface area (TPSA) is 60.0 Å². The molecule has 3 aromatic heterocycles. The van der Waals surface area contributed by atoms with Crippen LogP contribution in [0.4, 0.5) is 5.95 Å². The zero-order valence-electron chi connectivity index (χ0n) is 17.9.